The molecule has 0 amide bonds. The molecule has 0 aliphatic heterocycles. The average molecular weight is 392 g/mol. The molecule has 2 aromatic carbocycles. The normalized spacial score (nSPS) is 14.5. The van der Waals surface area contributed by atoms with Crippen LogP contribution in [0.3, 0.4) is 0 Å². The summed E-state index contributed by atoms with van der Waals surface area (Å²) in [4.78, 5) is 0.323. The lowest BCUT2D eigenvalue weighted by atomic mass is 9.98. The van der Waals surface area contributed by atoms with Crippen LogP contribution in [0.5, 0.6) is 0 Å². The predicted octanol–water partition coefficient (Wildman–Crippen LogP) is 4.08. The Morgan fingerprint density at radius 3 is 2.52 bits per heavy atom. The Balaban J connectivity index is 2.15. The fourth-order valence-electron chi connectivity index (χ4n) is 2.96. The molecule has 0 N–H and O–H groups in total. The first-order valence-corrected chi connectivity index (χ1v) is 9.55. The lowest BCUT2D eigenvalue weighted by Crippen LogP contribution is -2.22. The van der Waals surface area contributed by atoms with Gasteiger partial charge in [-0.1, -0.05) is 39.7 Å². The number of allylic oxidation sites excluding steroid dienone is 1. The Morgan fingerprint density at radius 1 is 1.09 bits per heavy atom. The first-order chi connectivity index (χ1) is 10.8. The molecule has 2 aromatic rings. The van der Waals surface area contributed by atoms with Gasteiger partial charge in [0, 0.05) is 18.6 Å². The van der Waals surface area contributed by atoms with Crippen molar-refractivity contribution in [3.8, 4) is 0 Å². The number of hydrogen-bond donors (Lipinski definition) is 0. The molecular weight excluding hydrogens is 374 g/mol. The molecule has 0 bridgehead atoms. The smallest absolute Gasteiger partial charge is 0.207 e. The number of benzene rings is 2. The van der Waals surface area contributed by atoms with Crippen LogP contribution in [0.1, 0.15) is 23.6 Å². The van der Waals surface area contributed by atoms with Crippen molar-refractivity contribution < 1.29 is 8.42 Å². The summed E-state index contributed by atoms with van der Waals surface area (Å²) < 4.78 is 27.0. The number of fused-ring (bicyclic) bond motifs is 1. The maximum Gasteiger partial charge on any atom is 0.242 e. The summed E-state index contributed by atoms with van der Waals surface area (Å²) in [5.74, 6) is 0. The second-order valence-corrected chi connectivity index (χ2v) is 9.02. The van der Waals surface area contributed by atoms with Gasteiger partial charge in [-0.2, -0.15) is 0 Å². The lowest BCUT2D eigenvalue weighted by Gasteiger charge is -2.14. The molecule has 120 valence electrons. The van der Waals surface area contributed by atoms with Crippen molar-refractivity contribution in [1.82, 2.24) is 4.31 Å². The van der Waals surface area contributed by atoms with E-state index in [0.29, 0.717) is 4.90 Å². The summed E-state index contributed by atoms with van der Waals surface area (Å²) in [6.45, 7) is 2.11. The van der Waals surface area contributed by atoms with Crippen molar-refractivity contribution in [2.75, 3.05) is 14.1 Å². The Morgan fingerprint density at radius 2 is 1.83 bits per heavy atom. The highest BCUT2D eigenvalue weighted by Crippen LogP contribution is 2.39. The Kier molecular flexibility index (Phi) is 4.21. The molecule has 3 rings (SSSR count). The summed E-state index contributed by atoms with van der Waals surface area (Å²) in [5, 5.41) is 0. The number of hydrogen-bond acceptors (Lipinski definition) is 2. The van der Waals surface area contributed by atoms with Gasteiger partial charge in [-0.15, -0.1) is 0 Å². The van der Waals surface area contributed by atoms with Crippen LogP contribution in [-0.2, 0) is 16.4 Å². The highest BCUT2D eigenvalue weighted by Gasteiger charge is 2.23. The first-order valence-electron chi connectivity index (χ1n) is 7.32. The van der Waals surface area contributed by atoms with Crippen LogP contribution in [0.15, 0.2) is 57.4 Å². The van der Waals surface area contributed by atoms with E-state index in [4.69, 9.17) is 0 Å². The molecule has 0 spiro atoms. The summed E-state index contributed by atoms with van der Waals surface area (Å²) in [6, 6.07) is 13.5. The van der Waals surface area contributed by atoms with Crippen LogP contribution >= 0.6 is 15.9 Å². The van der Waals surface area contributed by atoms with Gasteiger partial charge >= 0.3 is 0 Å². The maximum absolute atomic E-state index is 12.4. The van der Waals surface area contributed by atoms with Gasteiger partial charge in [0.25, 0.3) is 0 Å². The maximum atomic E-state index is 12.4. The fourth-order valence-corrected chi connectivity index (χ4v) is 4.27. The van der Waals surface area contributed by atoms with Crippen molar-refractivity contribution in [2.45, 2.75) is 18.2 Å². The number of rotatable bonds is 3. The zero-order valence-corrected chi connectivity index (χ0v) is 15.7. The Hall–Kier alpha value is -1.43. The third-order valence-corrected chi connectivity index (χ3v) is 6.43. The standard InChI is InChI=1S/C18H18BrNO2S/c1-12-9-13-7-8-15(19)11-17(13)18(12)14-5-4-6-16(10-14)23(21,22)20(2)3/h4-8,10-11H,9H2,1-3H3. The van der Waals surface area contributed by atoms with Crippen molar-refractivity contribution in [3.05, 3.63) is 69.2 Å². The number of halogens is 1. The molecule has 1 aliphatic carbocycles. The Bertz CT molecular complexity index is 914. The van der Waals surface area contributed by atoms with E-state index in [1.165, 1.54) is 21.0 Å². The van der Waals surface area contributed by atoms with E-state index in [9.17, 15) is 8.42 Å². The van der Waals surface area contributed by atoms with Gasteiger partial charge in [-0.25, -0.2) is 12.7 Å². The van der Waals surface area contributed by atoms with Crippen LogP contribution in [0.2, 0.25) is 0 Å². The largest absolute Gasteiger partial charge is 0.242 e. The highest BCUT2D eigenvalue weighted by atomic mass is 79.9. The van der Waals surface area contributed by atoms with Gasteiger partial charge in [-0.3, -0.25) is 0 Å². The molecule has 0 saturated carbocycles. The van der Waals surface area contributed by atoms with Crippen molar-refractivity contribution in [1.29, 1.82) is 0 Å². The van der Waals surface area contributed by atoms with Gasteiger partial charge in [0.1, 0.15) is 0 Å². The van der Waals surface area contributed by atoms with Gasteiger partial charge < -0.3 is 0 Å². The van der Waals surface area contributed by atoms with E-state index < -0.39 is 10.0 Å². The van der Waals surface area contributed by atoms with Crippen LogP contribution in [0.4, 0.5) is 0 Å². The van der Waals surface area contributed by atoms with Gasteiger partial charge in [0.2, 0.25) is 10.0 Å². The van der Waals surface area contributed by atoms with Crippen molar-refractivity contribution >= 4 is 31.5 Å². The molecule has 5 heteroatoms. The third kappa shape index (κ3) is 2.89. The monoisotopic (exact) mass is 391 g/mol. The molecular formula is C18H18BrNO2S. The SMILES string of the molecule is CC1=C(c2cccc(S(=O)(=O)N(C)C)c2)c2cc(Br)ccc2C1. The van der Waals surface area contributed by atoms with Crippen molar-refractivity contribution in [2.24, 2.45) is 0 Å². The molecule has 0 unspecified atom stereocenters. The third-order valence-electron chi connectivity index (χ3n) is 4.12. The average Bonchev–Trinajstić information content (AvgIpc) is 2.82. The molecule has 0 fully saturated rings. The van der Waals surface area contributed by atoms with Gasteiger partial charge in [0.05, 0.1) is 4.90 Å². The predicted molar refractivity (Wildman–Crippen MR) is 96.9 cm³/mol. The molecule has 0 saturated heterocycles. The van der Waals surface area contributed by atoms with Crippen molar-refractivity contribution in [3.63, 3.8) is 0 Å². The van der Waals surface area contributed by atoms with Crippen LogP contribution in [0.25, 0.3) is 5.57 Å². The molecule has 0 heterocycles. The van der Waals surface area contributed by atoms with E-state index in [-0.39, 0.29) is 0 Å². The highest BCUT2D eigenvalue weighted by molar-refractivity contribution is 9.10. The summed E-state index contributed by atoms with van der Waals surface area (Å²) in [6.07, 6.45) is 0.905. The van der Waals surface area contributed by atoms with E-state index in [0.717, 1.165) is 22.0 Å². The molecule has 1 aliphatic rings. The summed E-state index contributed by atoms with van der Waals surface area (Å²) >= 11 is 3.53. The first kappa shape index (κ1) is 16.4. The summed E-state index contributed by atoms with van der Waals surface area (Å²) in [7, 11) is -0.330. The fraction of sp³-hybridized carbons (Fsp3) is 0.222. The molecule has 0 aromatic heterocycles. The minimum Gasteiger partial charge on any atom is -0.207 e. The zero-order valence-electron chi connectivity index (χ0n) is 13.3. The lowest BCUT2D eigenvalue weighted by molar-refractivity contribution is 0.520. The van der Waals surface area contributed by atoms with E-state index in [1.807, 2.05) is 18.2 Å². The summed E-state index contributed by atoms with van der Waals surface area (Å²) in [5.41, 5.74) is 5.80. The molecule has 3 nitrogen and oxygen atoms in total. The minimum atomic E-state index is -3.43. The van der Waals surface area contributed by atoms with E-state index >= 15 is 0 Å². The van der Waals surface area contributed by atoms with Crippen LogP contribution in [-0.4, -0.2) is 26.8 Å². The Labute approximate surface area is 145 Å². The van der Waals surface area contributed by atoms with E-state index in [2.05, 4.69) is 35.0 Å². The number of sulfonamides is 1. The quantitative estimate of drug-likeness (QED) is 0.790. The molecule has 23 heavy (non-hydrogen) atoms. The van der Waals surface area contributed by atoms with E-state index in [1.54, 1.807) is 26.2 Å². The number of nitrogens with zero attached hydrogens (tertiary/aromatic N) is 1. The second kappa shape index (κ2) is 5.89. The minimum absolute atomic E-state index is 0.323. The topological polar surface area (TPSA) is 37.4 Å². The van der Waals surface area contributed by atoms with Crippen LogP contribution < -0.4 is 0 Å². The van der Waals surface area contributed by atoms with Crippen LogP contribution in [0, 0.1) is 0 Å². The molecule has 0 radical (unpaired) electrons. The zero-order chi connectivity index (χ0) is 16.8. The van der Waals surface area contributed by atoms with Gasteiger partial charge in [0.15, 0.2) is 0 Å². The van der Waals surface area contributed by atoms with Gasteiger partial charge in [-0.05, 0) is 59.9 Å². The second-order valence-electron chi connectivity index (χ2n) is 5.95. The molecule has 0 atom stereocenters.